The van der Waals surface area contributed by atoms with E-state index in [4.69, 9.17) is 4.42 Å². The SMILES string of the molecule is CC1=Cc2c(oc3ncccc23)N(C)B1N1c2ccccc2N(C)[C@@H]1C. The summed E-state index contributed by atoms with van der Waals surface area (Å²) in [5, 5.41) is 1.07. The second-order valence-corrected chi connectivity index (χ2v) is 7.19. The summed E-state index contributed by atoms with van der Waals surface area (Å²) in [6.07, 6.45) is 4.28. The third-order valence-corrected chi connectivity index (χ3v) is 5.72. The largest absolute Gasteiger partial charge is 0.423 e. The Morgan fingerprint density at radius 3 is 2.65 bits per heavy atom. The van der Waals surface area contributed by atoms with Crippen molar-refractivity contribution in [3.63, 3.8) is 0 Å². The maximum absolute atomic E-state index is 6.12. The number of hydrogen-bond donors (Lipinski definition) is 0. The Labute approximate surface area is 153 Å². The van der Waals surface area contributed by atoms with Crippen LogP contribution in [0.2, 0.25) is 0 Å². The Hall–Kier alpha value is -2.89. The molecule has 4 heterocycles. The van der Waals surface area contributed by atoms with Crippen LogP contribution in [0.5, 0.6) is 0 Å². The number of pyridine rings is 1. The lowest BCUT2D eigenvalue weighted by atomic mass is 9.61. The Balaban J connectivity index is 1.66. The number of para-hydroxylation sites is 2. The molecule has 1 aromatic carbocycles. The topological polar surface area (TPSA) is 35.8 Å². The molecule has 6 heteroatoms. The summed E-state index contributed by atoms with van der Waals surface area (Å²) < 4.78 is 6.12. The van der Waals surface area contributed by atoms with Gasteiger partial charge in [0, 0.05) is 24.2 Å². The molecule has 0 aliphatic carbocycles. The van der Waals surface area contributed by atoms with Gasteiger partial charge in [0.15, 0.2) is 5.88 Å². The Kier molecular flexibility index (Phi) is 3.14. The smallest absolute Gasteiger partial charge is 0.410 e. The Bertz CT molecular complexity index is 1040. The van der Waals surface area contributed by atoms with Gasteiger partial charge in [-0.3, -0.25) is 0 Å². The van der Waals surface area contributed by atoms with Crippen molar-refractivity contribution in [2.75, 3.05) is 28.6 Å². The summed E-state index contributed by atoms with van der Waals surface area (Å²) in [4.78, 5) is 11.4. The van der Waals surface area contributed by atoms with Crippen LogP contribution in [0.25, 0.3) is 17.2 Å². The first kappa shape index (κ1) is 15.4. The fourth-order valence-corrected chi connectivity index (χ4v) is 4.37. The minimum atomic E-state index is 0.101. The minimum absolute atomic E-state index is 0.101. The van der Waals surface area contributed by atoms with Crippen molar-refractivity contribution in [3.05, 3.63) is 53.6 Å². The summed E-state index contributed by atoms with van der Waals surface area (Å²) in [6, 6.07) is 12.6. The van der Waals surface area contributed by atoms with Crippen molar-refractivity contribution in [2.45, 2.75) is 20.0 Å². The molecule has 0 saturated heterocycles. The molecule has 2 aromatic heterocycles. The maximum atomic E-state index is 6.12. The molecule has 130 valence electrons. The average Bonchev–Trinajstić information content (AvgIpc) is 3.13. The number of furan rings is 1. The van der Waals surface area contributed by atoms with E-state index in [0.29, 0.717) is 5.71 Å². The number of aromatic nitrogens is 1. The van der Waals surface area contributed by atoms with Crippen LogP contribution in [0.15, 0.2) is 52.5 Å². The highest BCUT2D eigenvalue weighted by Crippen LogP contribution is 2.44. The highest BCUT2D eigenvalue weighted by Gasteiger charge is 2.44. The monoisotopic (exact) mass is 344 g/mol. The van der Waals surface area contributed by atoms with Gasteiger partial charge in [-0.15, -0.1) is 0 Å². The average molecular weight is 344 g/mol. The third kappa shape index (κ3) is 1.90. The van der Waals surface area contributed by atoms with Crippen LogP contribution in [0.4, 0.5) is 17.3 Å². The number of fused-ring (bicyclic) bond motifs is 4. The Morgan fingerprint density at radius 2 is 1.85 bits per heavy atom. The molecule has 1 atom stereocenters. The first-order valence-electron chi connectivity index (χ1n) is 8.96. The van der Waals surface area contributed by atoms with Gasteiger partial charge in [-0.05, 0) is 45.2 Å². The van der Waals surface area contributed by atoms with Crippen molar-refractivity contribution in [1.82, 2.24) is 4.98 Å². The van der Waals surface area contributed by atoms with E-state index in [1.165, 1.54) is 16.8 Å². The molecule has 0 spiro atoms. The van der Waals surface area contributed by atoms with E-state index in [9.17, 15) is 0 Å². The van der Waals surface area contributed by atoms with Crippen LogP contribution in [-0.2, 0) is 0 Å². The fourth-order valence-electron chi connectivity index (χ4n) is 4.37. The number of benzene rings is 1. The maximum Gasteiger partial charge on any atom is 0.410 e. The molecule has 2 aliphatic heterocycles. The second kappa shape index (κ2) is 5.30. The van der Waals surface area contributed by atoms with Crippen LogP contribution >= 0.6 is 0 Å². The molecule has 3 aromatic rings. The van der Waals surface area contributed by atoms with E-state index in [1.807, 2.05) is 6.07 Å². The predicted octanol–water partition coefficient (Wildman–Crippen LogP) is 4.01. The lowest BCUT2D eigenvalue weighted by Crippen LogP contribution is -2.58. The molecule has 26 heavy (non-hydrogen) atoms. The van der Waals surface area contributed by atoms with Gasteiger partial charge < -0.3 is 18.9 Å². The zero-order valence-electron chi connectivity index (χ0n) is 15.5. The summed E-state index contributed by atoms with van der Waals surface area (Å²) in [5.74, 6) is 0.883. The summed E-state index contributed by atoms with van der Waals surface area (Å²) in [7, 11) is 4.26. The first-order chi connectivity index (χ1) is 12.6. The van der Waals surface area contributed by atoms with Gasteiger partial charge in [-0.2, -0.15) is 0 Å². The van der Waals surface area contributed by atoms with Gasteiger partial charge in [0.1, 0.15) is 0 Å². The zero-order chi connectivity index (χ0) is 18.0. The predicted molar refractivity (Wildman–Crippen MR) is 109 cm³/mol. The van der Waals surface area contributed by atoms with E-state index >= 15 is 0 Å². The summed E-state index contributed by atoms with van der Waals surface area (Å²) in [6.45, 7) is 4.55. The number of rotatable bonds is 1. The number of allylic oxidation sites excluding steroid dienone is 1. The molecule has 0 fully saturated rings. The molecule has 0 bridgehead atoms. The van der Waals surface area contributed by atoms with E-state index in [1.54, 1.807) is 6.20 Å². The summed E-state index contributed by atoms with van der Waals surface area (Å²) >= 11 is 0. The van der Waals surface area contributed by atoms with E-state index < -0.39 is 0 Å². The third-order valence-electron chi connectivity index (χ3n) is 5.72. The molecule has 0 amide bonds. The van der Waals surface area contributed by atoms with Crippen molar-refractivity contribution < 1.29 is 4.42 Å². The van der Waals surface area contributed by atoms with Crippen molar-refractivity contribution in [3.8, 4) is 0 Å². The standard InChI is InChI=1S/C20H21BN4O/c1-13-12-16-15-8-7-11-22-19(15)26-20(16)24(4)21(13)25-14(2)23(3)17-9-5-6-10-18(17)25/h5-12,14H,1-4H3/t14-/m0/s1. The van der Waals surface area contributed by atoms with E-state index in [2.05, 4.69) is 83.9 Å². The zero-order valence-corrected chi connectivity index (χ0v) is 15.5. The molecule has 0 radical (unpaired) electrons. The number of hydrogen-bond acceptors (Lipinski definition) is 5. The number of nitrogens with zero attached hydrogens (tertiary/aromatic N) is 4. The molecule has 5 rings (SSSR count). The van der Waals surface area contributed by atoms with Gasteiger partial charge in [-0.1, -0.05) is 23.7 Å². The highest BCUT2D eigenvalue weighted by molar-refractivity contribution is 6.76. The minimum Gasteiger partial charge on any atom is -0.423 e. The molecular weight excluding hydrogens is 323 g/mol. The van der Waals surface area contributed by atoms with Crippen molar-refractivity contribution in [2.24, 2.45) is 0 Å². The van der Waals surface area contributed by atoms with Crippen LogP contribution in [0.1, 0.15) is 19.4 Å². The fraction of sp³-hybridized carbons (Fsp3) is 0.250. The van der Waals surface area contributed by atoms with Crippen LogP contribution in [-0.4, -0.2) is 32.2 Å². The van der Waals surface area contributed by atoms with Crippen LogP contribution in [0.3, 0.4) is 0 Å². The van der Waals surface area contributed by atoms with Gasteiger partial charge in [0.25, 0.3) is 0 Å². The quantitative estimate of drug-likeness (QED) is 0.624. The van der Waals surface area contributed by atoms with E-state index in [-0.39, 0.29) is 13.1 Å². The molecule has 0 N–H and O–H groups in total. The van der Waals surface area contributed by atoms with Crippen molar-refractivity contribution in [1.29, 1.82) is 0 Å². The lowest BCUT2D eigenvalue weighted by molar-refractivity contribution is 0.605. The normalized spacial score (nSPS) is 19.1. The van der Waals surface area contributed by atoms with Gasteiger partial charge >= 0.3 is 6.98 Å². The first-order valence-corrected chi connectivity index (χ1v) is 8.96. The highest BCUT2D eigenvalue weighted by atomic mass is 16.4. The lowest BCUT2D eigenvalue weighted by Gasteiger charge is -2.39. The summed E-state index contributed by atoms with van der Waals surface area (Å²) in [5.41, 5.74) is 5.63. The molecule has 2 aliphatic rings. The van der Waals surface area contributed by atoms with Crippen LogP contribution in [0, 0.1) is 0 Å². The van der Waals surface area contributed by atoms with Crippen molar-refractivity contribution >= 4 is 41.4 Å². The molecule has 5 nitrogen and oxygen atoms in total. The van der Waals surface area contributed by atoms with E-state index in [0.717, 1.165) is 16.8 Å². The molecule has 0 unspecified atom stereocenters. The van der Waals surface area contributed by atoms with Crippen LogP contribution < -0.4 is 14.5 Å². The molecular formula is C20H21BN4O. The van der Waals surface area contributed by atoms with Gasteiger partial charge in [0.05, 0.1) is 17.5 Å². The Morgan fingerprint density at radius 1 is 1.08 bits per heavy atom. The van der Waals surface area contributed by atoms with Gasteiger partial charge in [0.2, 0.25) is 5.71 Å². The second-order valence-electron chi connectivity index (χ2n) is 7.19. The van der Waals surface area contributed by atoms with Gasteiger partial charge in [-0.25, -0.2) is 4.98 Å². The molecule has 0 saturated carbocycles. The number of anilines is 3.